The summed E-state index contributed by atoms with van der Waals surface area (Å²) in [5.41, 5.74) is 0. The molecule has 0 aromatic heterocycles. The number of fused-ring (bicyclic) bond motifs is 3. The Morgan fingerprint density at radius 1 is 0.579 bits per heavy atom. The van der Waals surface area contributed by atoms with E-state index in [9.17, 15) is 0 Å². The molecular weight excluding hydrogens is 230 g/mol. The van der Waals surface area contributed by atoms with Crippen LogP contribution in [0.2, 0.25) is 0 Å². The molecule has 5 aliphatic rings. The highest BCUT2D eigenvalue weighted by Gasteiger charge is 2.55. The Bertz CT molecular complexity index is 335. The van der Waals surface area contributed by atoms with E-state index >= 15 is 0 Å². The van der Waals surface area contributed by atoms with E-state index in [2.05, 4.69) is 4.90 Å². The molecule has 4 saturated carbocycles. The predicted octanol–water partition coefficient (Wildman–Crippen LogP) is 4.22. The highest BCUT2D eigenvalue weighted by Crippen LogP contribution is 2.56. The van der Waals surface area contributed by atoms with Crippen LogP contribution in [-0.4, -0.2) is 23.0 Å². The maximum Gasteiger partial charge on any atom is 0.0133 e. The van der Waals surface area contributed by atoms with E-state index in [0.717, 1.165) is 41.8 Å². The Morgan fingerprint density at radius 3 is 1.68 bits per heavy atom. The quantitative estimate of drug-likeness (QED) is 0.718. The summed E-state index contributed by atoms with van der Waals surface area (Å²) in [7, 11) is 0. The maximum absolute atomic E-state index is 3.10. The largest absolute Gasteiger partial charge is 0.294 e. The Morgan fingerprint density at radius 2 is 1.16 bits per heavy atom. The van der Waals surface area contributed by atoms with Gasteiger partial charge < -0.3 is 0 Å². The van der Waals surface area contributed by atoms with Gasteiger partial charge in [0.2, 0.25) is 0 Å². The van der Waals surface area contributed by atoms with Crippen LogP contribution >= 0.6 is 0 Å². The van der Waals surface area contributed by atoms with Crippen molar-refractivity contribution in [3.63, 3.8) is 0 Å². The molecule has 5 rings (SSSR count). The molecule has 4 unspecified atom stereocenters. The van der Waals surface area contributed by atoms with E-state index in [0.29, 0.717) is 0 Å². The van der Waals surface area contributed by atoms with Gasteiger partial charge in [0.25, 0.3) is 0 Å². The fourth-order valence-electron chi connectivity index (χ4n) is 6.63. The average Bonchev–Trinajstić information content (AvgIpc) is 2.93. The molecule has 0 amide bonds. The van der Waals surface area contributed by atoms with E-state index in [1.165, 1.54) is 19.3 Å². The molecule has 5 fully saturated rings. The SMILES string of the molecule is C1CC(C2CC(N3C4CCCC4C4CCCC43)C2)C1. The van der Waals surface area contributed by atoms with Crippen LogP contribution in [0.5, 0.6) is 0 Å². The van der Waals surface area contributed by atoms with Crippen molar-refractivity contribution in [3.8, 4) is 0 Å². The van der Waals surface area contributed by atoms with Crippen LogP contribution in [0.3, 0.4) is 0 Å². The summed E-state index contributed by atoms with van der Waals surface area (Å²) in [5, 5.41) is 0. The second kappa shape index (κ2) is 4.23. The molecular formula is C18H29N. The second-order valence-corrected chi connectivity index (χ2v) is 8.35. The van der Waals surface area contributed by atoms with E-state index in [1.807, 2.05) is 0 Å². The first-order valence-electron chi connectivity index (χ1n) is 9.19. The van der Waals surface area contributed by atoms with Gasteiger partial charge in [-0.05, 0) is 62.2 Å². The highest BCUT2D eigenvalue weighted by molar-refractivity contribution is 5.09. The molecule has 4 aliphatic carbocycles. The van der Waals surface area contributed by atoms with Gasteiger partial charge in [-0.1, -0.05) is 32.1 Å². The lowest BCUT2D eigenvalue weighted by Gasteiger charge is -2.50. The Hall–Kier alpha value is -0.0400. The molecule has 0 aromatic rings. The van der Waals surface area contributed by atoms with E-state index in [4.69, 9.17) is 0 Å². The summed E-state index contributed by atoms with van der Waals surface area (Å²) in [4.78, 5) is 3.10. The zero-order valence-electron chi connectivity index (χ0n) is 12.3. The molecule has 0 spiro atoms. The number of nitrogens with zero attached hydrogens (tertiary/aromatic N) is 1. The summed E-state index contributed by atoms with van der Waals surface area (Å²) in [6, 6.07) is 3.08. The van der Waals surface area contributed by atoms with Crippen LogP contribution in [0.1, 0.15) is 70.6 Å². The minimum atomic E-state index is 1.02. The zero-order valence-corrected chi connectivity index (χ0v) is 12.3. The van der Waals surface area contributed by atoms with Gasteiger partial charge in [-0.2, -0.15) is 0 Å². The molecule has 4 atom stereocenters. The fourth-order valence-corrected chi connectivity index (χ4v) is 6.63. The third-order valence-electron chi connectivity index (χ3n) is 7.77. The van der Waals surface area contributed by atoms with Crippen molar-refractivity contribution < 1.29 is 0 Å². The number of likely N-dealkylation sites (tertiary alicyclic amines) is 1. The first-order valence-corrected chi connectivity index (χ1v) is 9.19. The lowest BCUT2D eigenvalue weighted by molar-refractivity contribution is -0.00628. The predicted molar refractivity (Wildman–Crippen MR) is 78.0 cm³/mol. The summed E-state index contributed by atoms with van der Waals surface area (Å²) in [6.45, 7) is 0. The molecule has 1 heterocycles. The number of hydrogen-bond donors (Lipinski definition) is 0. The van der Waals surface area contributed by atoms with Crippen molar-refractivity contribution in [1.29, 1.82) is 0 Å². The van der Waals surface area contributed by atoms with Crippen LogP contribution < -0.4 is 0 Å². The molecule has 0 radical (unpaired) electrons. The summed E-state index contributed by atoms with van der Waals surface area (Å²) >= 11 is 0. The molecule has 106 valence electrons. The lowest BCUT2D eigenvalue weighted by Crippen LogP contribution is -2.52. The van der Waals surface area contributed by atoms with Gasteiger partial charge in [0.1, 0.15) is 0 Å². The third-order valence-corrected chi connectivity index (χ3v) is 7.77. The molecule has 1 nitrogen and oxygen atoms in total. The molecule has 1 heteroatoms. The summed E-state index contributed by atoms with van der Waals surface area (Å²) in [6.07, 6.45) is 17.1. The topological polar surface area (TPSA) is 3.24 Å². The highest BCUT2D eigenvalue weighted by atomic mass is 15.3. The van der Waals surface area contributed by atoms with Gasteiger partial charge >= 0.3 is 0 Å². The molecule has 1 saturated heterocycles. The zero-order chi connectivity index (χ0) is 12.4. The van der Waals surface area contributed by atoms with Gasteiger partial charge in [-0.3, -0.25) is 4.90 Å². The molecule has 0 bridgehead atoms. The molecule has 1 aliphatic heterocycles. The van der Waals surface area contributed by atoms with E-state index in [-0.39, 0.29) is 0 Å². The van der Waals surface area contributed by atoms with E-state index in [1.54, 1.807) is 51.4 Å². The van der Waals surface area contributed by atoms with Crippen molar-refractivity contribution >= 4 is 0 Å². The van der Waals surface area contributed by atoms with Crippen molar-refractivity contribution in [2.75, 3.05) is 0 Å². The average molecular weight is 259 g/mol. The van der Waals surface area contributed by atoms with Gasteiger partial charge in [0.05, 0.1) is 0 Å². The Kier molecular flexibility index (Phi) is 2.58. The summed E-state index contributed by atoms with van der Waals surface area (Å²) in [5.74, 6) is 4.53. The van der Waals surface area contributed by atoms with Crippen molar-refractivity contribution in [1.82, 2.24) is 4.90 Å². The van der Waals surface area contributed by atoms with Gasteiger partial charge in [-0.15, -0.1) is 0 Å². The minimum Gasteiger partial charge on any atom is -0.294 e. The lowest BCUT2D eigenvalue weighted by atomic mass is 9.64. The van der Waals surface area contributed by atoms with Crippen LogP contribution in [0.25, 0.3) is 0 Å². The van der Waals surface area contributed by atoms with Crippen molar-refractivity contribution in [2.24, 2.45) is 23.7 Å². The number of rotatable bonds is 2. The monoisotopic (exact) mass is 259 g/mol. The van der Waals surface area contributed by atoms with E-state index < -0.39 is 0 Å². The van der Waals surface area contributed by atoms with Gasteiger partial charge in [-0.25, -0.2) is 0 Å². The first-order chi connectivity index (χ1) is 9.42. The minimum absolute atomic E-state index is 1.02. The fraction of sp³-hybridized carbons (Fsp3) is 1.00. The Labute approximate surface area is 118 Å². The molecule has 0 N–H and O–H groups in total. The molecule has 19 heavy (non-hydrogen) atoms. The smallest absolute Gasteiger partial charge is 0.0133 e. The Balaban J connectivity index is 1.31. The van der Waals surface area contributed by atoms with Crippen LogP contribution in [0, 0.1) is 23.7 Å². The normalized spacial score (nSPS) is 53.7. The van der Waals surface area contributed by atoms with Crippen LogP contribution in [0.4, 0.5) is 0 Å². The van der Waals surface area contributed by atoms with Crippen molar-refractivity contribution in [2.45, 2.75) is 88.8 Å². The van der Waals surface area contributed by atoms with Gasteiger partial charge in [0, 0.05) is 18.1 Å². The van der Waals surface area contributed by atoms with Crippen LogP contribution in [-0.2, 0) is 0 Å². The second-order valence-electron chi connectivity index (χ2n) is 8.35. The third kappa shape index (κ3) is 1.57. The molecule has 0 aromatic carbocycles. The van der Waals surface area contributed by atoms with Crippen LogP contribution in [0.15, 0.2) is 0 Å². The maximum atomic E-state index is 3.10. The standard InChI is InChI=1S/C18H29N/c1-4-12(5-1)13-10-14(11-13)19-17-8-2-6-15(17)16-7-3-9-18(16)19/h12-18H,1-11H2. The number of hydrogen-bond acceptors (Lipinski definition) is 1. The van der Waals surface area contributed by atoms with Gasteiger partial charge in [0.15, 0.2) is 0 Å². The first kappa shape index (κ1) is 11.6. The van der Waals surface area contributed by atoms with Crippen molar-refractivity contribution in [3.05, 3.63) is 0 Å². The summed E-state index contributed by atoms with van der Waals surface area (Å²) < 4.78 is 0.